The van der Waals surface area contributed by atoms with E-state index in [9.17, 15) is 5.11 Å². The number of nitrogens with one attached hydrogen (secondary N) is 1. The molecule has 4 heteroatoms. The lowest BCUT2D eigenvalue weighted by atomic mass is 9.94. The molecule has 2 heterocycles. The van der Waals surface area contributed by atoms with E-state index in [1.807, 2.05) is 0 Å². The smallest absolute Gasteiger partial charge is 0.0815 e. The summed E-state index contributed by atoms with van der Waals surface area (Å²) in [6.07, 6.45) is 4.50. The van der Waals surface area contributed by atoms with Crippen LogP contribution < -0.4 is 5.32 Å². The van der Waals surface area contributed by atoms with Crippen LogP contribution >= 0.6 is 0 Å². The molecule has 2 aliphatic heterocycles. The predicted octanol–water partition coefficient (Wildman–Crippen LogP) is 0.685. The zero-order valence-electron chi connectivity index (χ0n) is 10.1. The van der Waals surface area contributed by atoms with Gasteiger partial charge in [-0.2, -0.15) is 0 Å². The van der Waals surface area contributed by atoms with Crippen molar-refractivity contribution in [3.63, 3.8) is 0 Å². The Balaban J connectivity index is 1.63. The largest absolute Gasteiger partial charge is 0.388 e. The van der Waals surface area contributed by atoms with Crippen molar-refractivity contribution in [2.24, 2.45) is 0 Å². The fraction of sp³-hybridized carbons (Fsp3) is 1.00. The maximum Gasteiger partial charge on any atom is 0.0815 e. The summed E-state index contributed by atoms with van der Waals surface area (Å²) >= 11 is 0. The minimum absolute atomic E-state index is 0.332. The Morgan fingerprint density at radius 1 is 1.31 bits per heavy atom. The van der Waals surface area contributed by atoms with E-state index in [0.717, 1.165) is 32.2 Å². The first-order valence-electron chi connectivity index (χ1n) is 6.34. The Hall–Kier alpha value is -0.160. The van der Waals surface area contributed by atoms with Gasteiger partial charge in [-0.1, -0.05) is 0 Å². The number of rotatable bonds is 4. The van der Waals surface area contributed by atoms with Crippen LogP contribution in [0.4, 0.5) is 0 Å². The van der Waals surface area contributed by atoms with Crippen LogP contribution in [0, 0.1) is 0 Å². The molecular weight excluding hydrogens is 206 g/mol. The first kappa shape index (κ1) is 12.3. The van der Waals surface area contributed by atoms with Gasteiger partial charge in [0.15, 0.2) is 0 Å². The van der Waals surface area contributed by atoms with Gasteiger partial charge in [0, 0.05) is 39.1 Å². The molecule has 2 N–H and O–H groups in total. The molecule has 2 aliphatic rings. The normalized spacial score (nSPS) is 34.1. The first-order valence-corrected chi connectivity index (χ1v) is 6.34. The van der Waals surface area contributed by atoms with E-state index in [2.05, 4.69) is 12.2 Å². The summed E-state index contributed by atoms with van der Waals surface area (Å²) in [7, 11) is 0. The zero-order valence-corrected chi connectivity index (χ0v) is 10.1. The molecular formula is C12H23NO3. The fourth-order valence-corrected chi connectivity index (χ4v) is 2.43. The van der Waals surface area contributed by atoms with Gasteiger partial charge in [0.25, 0.3) is 0 Å². The molecule has 0 aromatic rings. The molecule has 2 fully saturated rings. The molecule has 2 atom stereocenters. The van der Waals surface area contributed by atoms with Gasteiger partial charge >= 0.3 is 0 Å². The van der Waals surface area contributed by atoms with Crippen LogP contribution in [0.2, 0.25) is 0 Å². The molecule has 2 saturated heterocycles. The lowest BCUT2D eigenvalue weighted by Gasteiger charge is -2.32. The minimum atomic E-state index is -0.567. The third kappa shape index (κ3) is 3.42. The predicted molar refractivity (Wildman–Crippen MR) is 61.4 cm³/mol. The highest BCUT2D eigenvalue weighted by Gasteiger charge is 2.30. The molecule has 0 aromatic heterocycles. The van der Waals surface area contributed by atoms with Gasteiger partial charge in [0.1, 0.15) is 0 Å². The summed E-state index contributed by atoms with van der Waals surface area (Å²) in [6.45, 7) is 4.98. The highest BCUT2D eigenvalue weighted by molar-refractivity contribution is 4.84. The molecule has 0 spiro atoms. The van der Waals surface area contributed by atoms with Gasteiger partial charge < -0.3 is 19.9 Å². The van der Waals surface area contributed by atoms with Crippen molar-refractivity contribution in [1.29, 1.82) is 0 Å². The SMILES string of the molecule is CC1CCC(CNCC2(O)CCOCC2)O1. The van der Waals surface area contributed by atoms with Crippen molar-refractivity contribution in [2.75, 3.05) is 26.3 Å². The molecule has 0 amide bonds. The summed E-state index contributed by atoms with van der Waals surface area (Å²) in [5.74, 6) is 0. The molecule has 2 rings (SSSR count). The summed E-state index contributed by atoms with van der Waals surface area (Å²) in [4.78, 5) is 0. The van der Waals surface area contributed by atoms with Crippen molar-refractivity contribution in [3.05, 3.63) is 0 Å². The van der Waals surface area contributed by atoms with Crippen LogP contribution in [0.3, 0.4) is 0 Å². The van der Waals surface area contributed by atoms with Crippen molar-refractivity contribution >= 4 is 0 Å². The van der Waals surface area contributed by atoms with Gasteiger partial charge in [-0.15, -0.1) is 0 Å². The van der Waals surface area contributed by atoms with E-state index in [4.69, 9.17) is 9.47 Å². The summed E-state index contributed by atoms with van der Waals surface area (Å²) in [5.41, 5.74) is -0.567. The van der Waals surface area contributed by atoms with Gasteiger partial charge in [-0.3, -0.25) is 0 Å². The molecule has 0 saturated carbocycles. The molecule has 16 heavy (non-hydrogen) atoms. The Kier molecular flexibility index (Phi) is 4.19. The van der Waals surface area contributed by atoms with Crippen LogP contribution in [0.15, 0.2) is 0 Å². The third-order valence-corrected chi connectivity index (χ3v) is 3.57. The van der Waals surface area contributed by atoms with E-state index in [1.54, 1.807) is 0 Å². The van der Waals surface area contributed by atoms with E-state index in [1.165, 1.54) is 0 Å². The standard InChI is InChI=1S/C12H23NO3/c1-10-2-3-11(16-10)8-13-9-12(14)4-6-15-7-5-12/h10-11,13-14H,2-9H2,1H3. The molecule has 0 aliphatic carbocycles. The fourth-order valence-electron chi connectivity index (χ4n) is 2.43. The van der Waals surface area contributed by atoms with Gasteiger partial charge in [-0.25, -0.2) is 0 Å². The van der Waals surface area contributed by atoms with E-state index < -0.39 is 5.60 Å². The Bertz CT molecular complexity index is 216. The molecule has 0 bridgehead atoms. The van der Waals surface area contributed by atoms with Crippen molar-refractivity contribution in [3.8, 4) is 0 Å². The van der Waals surface area contributed by atoms with E-state index in [-0.39, 0.29) is 0 Å². The van der Waals surface area contributed by atoms with Crippen molar-refractivity contribution in [1.82, 2.24) is 5.32 Å². The van der Waals surface area contributed by atoms with Crippen LogP contribution in [0.25, 0.3) is 0 Å². The van der Waals surface area contributed by atoms with E-state index >= 15 is 0 Å². The monoisotopic (exact) mass is 229 g/mol. The third-order valence-electron chi connectivity index (χ3n) is 3.57. The van der Waals surface area contributed by atoms with Crippen molar-refractivity contribution < 1.29 is 14.6 Å². The maximum atomic E-state index is 10.2. The Labute approximate surface area is 97.3 Å². The number of aliphatic hydroxyl groups is 1. The lowest BCUT2D eigenvalue weighted by molar-refractivity contribution is -0.0629. The van der Waals surface area contributed by atoms with E-state index in [0.29, 0.717) is 32.0 Å². The second-order valence-corrected chi connectivity index (χ2v) is 5.11. The molecule has 2 unspecified atom stereocenters. The highest BCUT2D eigenvalue weighted by atomic mass is 16.5. The summed E-state index contributed by atoms with van der Waals surface area (Å²) in [6, 6.07) is 0. The second kappa shape index (κ2) is 5.45. The number of ether oxygens (including phenoxy) is 2. The Morgan fingerprint density at radius 3 is 2.69 bits per heavy atom. The van der Waals surface area contributed by atoms with Crippen LogP contribution in [-0.2, 0) is 9.47 Å². The van der Waals surface area contributed by atoms with Crippen LogP contribution in [-0.4, -0.2) is 49.2 Å². The van der Waals surface area contributed by atoms with Crippen LogP contribution in [0.1, 0.15) is 32.6 Å². The quantitative estimate of drug-likeness (QED) is 0.744. The van der Waals surface area contributed by atoms with Gasteiger partial charge in [0.05, 0.1) is 17.8 Å². The van der Waals surface area contributed by atoms with Crippen LogP contribution in [0.5, 0.6) is 0 Å². The highest BCUT2D eigenvalue weighted by Crippen LogP contribution is 2.21. The summed E-state index contributed by atoms with van der Waals surface area (Å²) < 4.78 is 11.0. The zero-order chi connectivity index (χ0) is 11.4. The average molecular weight is 229 g/mol. The van der Waals surface area contributed by atoms with Gasteiger partial charge in [0.2, 0.25) is 0 Å². The molecule has 94 valence electrons. The molecule has 4 nitrogen and oxygen atoms in total. The topological polar surface area (TPSA) is 50.7 Å². The van der Waals surface area contributed by atoms with Crippen molar-refractivity contribution in [2.45, 2.75) is 50.4 Å². The molecule has 0 radical (unpaired) electrons. The minimum Gasteiger partial charge on any atom is -0.388 e. The first-order chi connectivity index (χ1) is 7.68. The summed E-state index contributed by atoms with van der Waals surface area (Å²) in [5, 5.41) is 13.5. The Morgan fingerprint density at radius 2 is 2.06 bits per heavy atom. The average Bonchev–Trinajstić information content (AvgIpc) is 2.65. The molecule has 0 aromatic carbocycles. The second-order valence-electron chi connectivity index (χ2n) is 5.11. The number of hydrogen-bond donors (Lipinski definition) is 2. The maximum absolute atomic E-state index is 10.2. The number of hydrogen-bond acceptors (Lipinski definition) is 4. The van der Waals surface area contributed by atoms with Gasteiger partial charge in [-0.05, 0) is 19.8 Å². The lowest BCUT2D eigenvalue weighted by Crippen LogP contribution is -2.46.